The summed E-state index contributed by atoms with van der Waals surface area (Å²) in [5.41, 5.74) is -1.85. The number of quaternary nitrogens is 1. The van der Waals surface area contributed by atoms with Crippen molar-refractivity contribution < 1.29 is 24.3 Å². The lowest BCUT2D eigenvalue weighted by Crippen LogP contribution is -2.54. The Morgan fingerprint density at radius 2 is 1.09 bits per heavy atom. The largest absolute Gasteiger partial charge is 0.481 e. The van der Waals surface area contributed by atoms with Gasteiger partial charge in [-0.15, -0.1) is 0 Å². The molecule has 0 heterocycles. The van der Waals surface area contributed by atoms with Crippen molar-refractivity contribution in [2.45, 2.75) is 135 Å². The molecule has 0 bridgehead atoms. The second kappa shape index (κ2) is 20.0. The summed E-state index contributed by atoms with van der Waals surface area (Å²) in [6.45, 7) is 2.34. The zero-order valence-corrected chi connectivity index (χ0v) is 23.0. The number of carbonyl (C=O) groups is 2. The van der Waals surface area contributed by atoms with Gasteiger partial charge in [-0.1, -0.05) is 116 Å². The quantitative estimate of drug-likeness (QED) is 0.0876. The van der Waals surface area contributed by atoms with Crippen LogP contribution in [0.25, 0.3) is 0 Å². The lowest BCUT2D eigenvalue weighted by molar-refractivity contribution is -0.875. The van der Waals surface area contributed by atoms with Crippen LogP contribution in [0.2, 0.25) is 0 Å². The highest BCUT2D eigenvalue weighted by Crippen LogP contribution is 2.18. The molecule has 5 heteroatoms. The smallest absolute Gasteiger partial charge is 0.307 e. The summed E-state index contributed by atoms with van der Waals surface area (Å²) < 4.78 is 0.322. The SMILES string of the molecule is CCCCCCCCCCCCCCCCCCCC=CC(=O)C(O)(CC(=O)O)C[N+](C)(C)C. The van der Waals surface area contributed by atoms with Crippen molar-refractivity contribution in [3.63, 3.8) is 0 Å². The Morgan fingerprint density at radius 1 is 0.706 bits per heavy atom. The summed E-state index contributed by atoms with van der Waals surface area (Å²) in [5, 5.41) is 19.7. The molecule has 0 aromatic heterocycles. The number of carboxylic acid groups (broad SMARTS) is 1. The second-order valence-electron chi connectivity index (χ2n) is 11.3. The van der Waals surface area contributed by atoms with Gasteiger partial charge in [0, 0.05) is 0 Å². The van der Waals surface area contributed by atoms with Crippen molar-refractivity contribution in [1.29, 1.82) is 0 Å². The molecule has 0 saturated carbocycles. The molecule has 5 nitrogen and oxygen atoms in total. The van der Waals surface area contributed by atoms with Gasteiger partial charge in [-0.25, -0.2) is 0 Å². The molecule has 0 amide bonds. The van der Waals surface area contributed by atoms with E-state index in [1.54, 1.807) is 6.08 Å². The fourth-order valence-corrected chi connectivity index (χ4v) is 4.59. The second-order valence-corrected chi connectivity index (χ2v) is 11.3. The first kappa shape index (κ1) is 32.8. The number of hydrogen-bond acceptors (Lipinski definition) is 3. The molecule has 0 aromatic carbocycles. The van der Waals surface area contributed by atoms with Gasteiger partial charge in [0.2, 0.25) is 0 Å². The van der Waals surface area contributed by atoms with Crippen LogP contribution in [0.5, 0.6) is 0 Å². The lowest BCUT2D eigenvalue weighted by Gasteiger charge is -2.33. The zero-order chi connectivity index (χ0) is 25.7. The van der Waals surface area contributed by atoms with E-state index in [1.807, 2.05) is 21.1 Å². The van der Waals surface area contributed by atoms with E-state index in [0.717, 1.165) is 19.3 Å². The van der Waals surface area contributed by atoms with Crippen molar-refractivity contribution in [2.75, 3.05) is 27.7 Å². The number of hydrogen-bond donors (Lipinski definition) is 2. The van der Waals surface area contributed by atoms with Gasteiger partial charge < -0.3 is 14.7 Å². The molecule has 0 aliphatic rings. The Kier molecular flexibility index (Phi) is 19.3. The summed E-state index contributed by atoms with van der Waals surface area (Å²) in [4.78, 5) is 23.6. The van der Waals surface area contributed by atoms with E-state index in [2.05, 4.69) is 6.92 Å². The van der Waals surface area contributed by atoms with Gasteiger partial charge in [-0.05, 0) is 18.9 Å². The minimum Gasteiger partial charge on any atom is -0.481 e. The van der Waals surface area contributed by atoms with Gasteiger partial charge in [0.1, 0.15) is 6.54 Å². The van der Waals surface area contributed by atoms with Crippen molar-refractivity contribution >= 4 is 11.8 Å². The van der Waals surface area contributed by atoms with Crippen LogP contribution < -0.4 is 0 Å². The molecule has 1 unspecified atom stereocenters. The molecule has 0 aliphatic heterocycles. The van der Waals surface area contributed by atoms with Crippen LogP contribution in [-0.2, 0) is 9.59 Å². The molecule has 200 valence electrons. The van der Waals surface area contributed by atoms with E-state index in [1.165, 1.54) is 102 Å². The van der Waals surface area contributed by atoms with Crippen molar-refractivity contribution in [3.8, 4) is 0 Å². The Hall–Kier alpha value is -1.20. The third-order valence-corrected chi connectivity index (χ3v) is 6.38. The molecule has 0 spiro atoms. The predicted octanol–water partition coefficient (Wildman–Crippen LogP) is 7.07. The fourth-order valence-electron chi connectivity index (χ4n) is 4.59. The van der Waals surface area contributed by atoms with Gasteiger partial charge in [-0.2, -0.15) is 0 Å². The van der Waals surface area contributed by atoms with Gasteiger partial charge in [0.15, 0.2) is 11.4 Å². The van der Waals surface area contributed by atoms with E-state index in [4.69, 9.17) is 5.11 Å². The molecule has 0 fully saturated rings. The summed E-state index contributed by atoms with van der Waals surface area (Å²) in [7, 11) is 5.50. The predicted molar refractivity (Wildman–Crippen MR) is 143 cm³/mol. The fraction of sp³-hybridized carbons (Fsp3) is 0.862. The van der Waals surface area contributed by atoms with Gasteiger partial charge in [-0.3, -0.25) is 9.59 Å². The number of carbonyl (C=O) groups excluding carboxylic acids is 1. The summed E-state index contributed by atoms with van der Waals surface area (Å²) >= 11 is 0. The van der Waals surface area contributed by atoms with Crippen LogP contribution >= 0.6 is 0 Å². The van der Waals surface area contributed by atoms with Crippen LogP contribution in [0, 0.1) is 0 Å². The van der Waals surface area contributed by atoms with Gasteiger partial charge in [0.25, 0.3) is 0 Å². The molecule has 0 aromatic rings. The highest BCUT2D eigenvalue weighted by Gasteiger charge is 2.41. The number of unbranched alkanes of at least 4 members (excludes halogenated alkanes) is 17. The van der Waals surface area contributed by atoms with Crippen molar-refractivity contribution in [2.24, 2.45) is 0 Å². The van der Waals surface area contributed by atoms with Crippen LogP contribution in [-0.4, -0.2) is 59.7 Å². The molecular formula is C29H56NO4+. The first-order valence-corrected chi connectivity index (χ1v) is 14.1. The standard InChI is InChI=1S/C29H55NO4/c1-5-6-7-8-9-10-11-12-13-14-15-16-17-18-19-20-21-22-23-24-27(31)29(34,25-28(32)33)26-30(2,3)4/h23-24,34H,5-22,25-26H2,1-4H3/p+1. The number of aliphatic carboxylic acids is 1. The summed E-state index contributed by atoms with van der Waals surface area (Å²) in [6, 6.07) is 0. The maximum atomic E-state index is 12.5. The van der Waals surface area contributed by atoms with E-state index in [0.29, 0.717) is 4.48 Å². The Bertz CT molecular complexity index is 553. The number of likely N-dealkylation sites (N-methyl/N-ethyl adjacent to an activating group) is 1. The first-order chi connectivity index (χ1) is 16.1. The average Bonchev–Trinajstić information content (AvgIpc) is 2.73. The third kappa shape index (κ3) is 20.2. The normalized spacial score (nSPS) is 13.9. The molecule has 2 N–H and O–H groups in total. The molecule has 1 atom stereocenters. The highest BCUT2D eigenvalue weighted by molar-refractivity contribution is 5.99. The topological polar surface area (TPSA) is 74.6 Å². The lowest BCUT2D eigenvalue weighted by atomic mass is 9.92. The number of aliphatic hydroxyl groups is 1. The summed E-state index contributed by atoms with van der Waals surface area (Å²) in [5.74, 6) is -1.67. The maximum Gasteiger partial charge on any atom is 0.307 e. The van der Waals surface area contributed by atoms with E-state index < -0.39 is 23.8 Å². The Morgan fingerprint density at radius 3 is 1.44 bits per heavy atom. The van der Waals surface area contributed by atoms with Crippen LogP contribution in [0.3, 0.4) is 0 Å². The summed E-state index contributed by atoms with van der Waals surface area (Å²) in [6.07, 6.45) is 26.1. The Balaban J connectivity index is 3.69. The minimum atomic E-state index is -1.85. The molecule has 34 heavy (non-hydrogen) atoms. The third-order valence-electron chi connectivity index (χ3n) is 6.38. The van der Waals surface area contributed by atoms with Gasteiger partial charge >= 0.3 is 5.97 Å². The molecule has 0 saturated heterocycles. The van der Waals surface area contributed by atoms with E-state index in [9.17, 15) is 14.7 Å². The number of rotatable bonds is 24. The maximum absolute atomic E-state index is 12.5. The number of allylic oxidation sites excluding steroid dienone is 1. The number of carboxylic acids is 1. The Labute approximate surface area is 210 Å². The number of ketones is 1. The highest BCUT2D eigenvalue weighted by atomic mass is 16.4. The van der Waals surface area contributed by atoms with Gasteiger partial charge in [0.05, 0.1) is 27.6 Å². The number of nitrogens with zero attached hydrogens (tertiary/aromatic N) is 1. The van der Waals surface area contributed by atoms with E-state index >= 15 is 0 Å². The molecular weight excluding hydrogens is 426 g/mol. The zero-order valence-electron chi connectivity index (χ0n) is 23.0. The van der Waals surface area contributed by atoms with Crippen molar-refractivity contribution in [3.05, 3.63) is 12.2 Å². The van der Waals surface area contributed by atoms with Crippen LogP contribution in [0.1, 0.15) is 129 Å². The monoisotopic (exact) mass is 482 g/mol. The average molecular weight is 483 g/mol. The van der Waals surface area contributed by atoms with Crippen molar-refractivity contribution in [1.82, 2.24) is 0 Å². The minimum absolute atomic E-state index is 0.0710. The van der Waals surface area contributed by atoms with Crippen LogP contribution in [0.4, 0.5) is 0 Å². The first-order valence-electron chi connectivity index (χ1n) is 14.1. The molecule has 0 rings (SSSR count). The molecule has 0 aliphatic carbocycles. The molecule has 0 radical (unpaired) electrons. The van der Waals surface area contributed by atoms with E-state index in [-0.39, 0.29) is 6.54 Å². The van der Waals surface area contributed by atoms with Crippen LogP contribution in [0.15, 0.2) is 12.2 Å².